The molecule has 9 nitrogen and oxygen atoms in total. The predicted molar refractivity (Wildman–Crippen MR) is 63.1 cm³/mol. The molecule has 0 aliphatic carbocycles. The zero-order valence-corrected chi connectivity index (χ0v) is 10.2. The predicted octanol–water partition coefficient (Wildman–Crippen LogP) is -3.44. The van der Waals surface area contributed by atoms with E-state index in [-0.39, 0.29) is 25.7 Å². The fraction of sp³-hybridized carbons (Fsp3) is 0.700. The highest BCUT2D eigenvalue weighted by Crippen LogP contribution is 2.08. The molecule has 2 rings (SSSR count). The third-order valence-corrected chi connectivity index (χ3v) is 2.82. The Hall–Kier alpha value is -1.71. The molecular weight excluding hydrogens is 258 g/mol. The van der Waals surface area contributed by atoms with Gasteiger partial charge in [-0.3, -0.25) is 0 Å². The van der Waals surface area contributed by atoms with Crippen LogP contribution in [0.25, 0.3) is 0 Å². The van der Waals surface area contributed by atoms with E-state index < -0.39 is 30.3 Å². The first-order valence-electron chi connectivity index (χ1n) is 5.88. The van der Waals surface area contributed by atoms with Gasteiger partial charge in [-0.15, -0.1) is 0 Å². The largest absolute Gasteiger partial charge is 0.395 e. The summed E-state index contributed by atoms with van der Waals surface area (Å²) >= 11 is 0. The molecule has 1 atom stereocenters. The molecular formula is C10H15N3O6. The first-order valence-corrected chi connectivity index (χ1v) is 5.88. The van der Waals surface area contributed by atoms with Crippen LogP contribution >= 0.6 is 0 Å². The van der Waals surface area contributed by atoms with E-state index in [0.717, 1.165) is 13.7 Å². The van der Waals surface area contributed by atoms with Crippen molar-refractivity contribution < 1.29 is 14.9 Å². The summed E-state index contributed by atoms with van der Waals surface area (Å²) in [7, 11) is 0. The molecule has 1 unspecified atom stereocenters. The van der Waals surface area contributed by atoms with Crippen LogP contribution in [-0.4, -0.2) is 49.8 Å². The number of hydrogen-bond donors (Lipinski definition) is 2. The lowest BCUT2D eigenvalue weighted by Gasteiger charge is -2.11. The minimum atomic E-state index is -0.828. The molecule has 106 valence electrons. The fourth-order valence-corrected chi connectivity index (χ4v) is 1.80. The van der Waals surface area contributed by atoms with Gasteiger partial charge in [0.2, 0.25) is 0 Å². The average Bonchev–Trinajstić information content (AvgIpc) is 3.20. The molecule has 0 aromatic carbocycles. The van der Waals surface area contributed by atoms with E-state index in [2.05, 4.69) is 0 Å². The molecule has 1 aliphatic rings. The quantitative estimate of drug-likeness (QED) is 0.520. The van der Waals surface area contributed by atoms with Crippen LogP contribution < -0.4 is 17.1 Å². The van der Waals surface area contributed by atoms with Crippen molar-refractivity contribution in [1.82, 2.24) is 13.7 Å². The van der Waals surface area contributed by atoms with Crippen LogP contribution in [0.3, 0.4) is 0 Å². The van der Waals surface area contributed by atoms with Gasteiger partial charge < -0.3 is 14.9 Å². The molecule has 1 aliphatic heterocycles. The maximum absolute atomic E-state index is 12.0. The molecule has 0 spiro atoms. The fourth-order valence-electron chi connectivity index (χ4n) is 1.80. The van der Waals surface area contributed by atoms with Gasteiger partial charge in [0.05, 0.1) is 45.6 Å². The third kappa shape index (κ3) is 2.67. The Labute approximate surface area is 106 Å². The van der Waals surface area contributed by atoms with E-state index in [9.17, 15) is 14.4 Å². The van der Waals surface area contributed by atoms with Crippen molar-refractivity contribution in [1.29, 1.82) is 0 Å². The van der Waals surface area contributed by atoms with E-state index in [1.165, 1.54) is 0 Å². The van der Waals surface area contributed by atoms with Crippen molar-refractivity contribution in [2.75, 3.05) is 19.8 Å². The smallest absolute Gasteiger partial charge is 0.336 e. The monoisotopic (exact) mass is 273 g/mol. The SMILES string of the molecule is O=c1n(CCO)c(=O)n(CC2CO2)c(=O)n1CCO. The van der Waals surface area contributed by atoms with E-state index in [1.54, 1.807) is 0 Å². The Morgan fingerprint density at radius 2 is 1.37 bits per heavy atom. The number of aliphatic hydroxyl groups excluding tert-OH is 2. The van der Waals surface area contributed by atoms with Crippen LogP contribution in [0.15, 0.2) is 14.4 Å². The minimum absolute atomic E-state index is 0.0643. The number of nitrogens with zero attached hydrogens (tertiary/aromatic N) is 3. The second-order valence-electron chi connectivity index (χ2n) is 4.16. The highest BCUT2D eigenvalue weighted by atomic mass is 16.6. The summed E-state index contributed by atoms with van der Waals surface area (Å²) in [5, 5.41) is 17.7. The summed E-state index contributed by atoms with van der Waals surface area (Å²) in [6.07, 6.45) is -0.201. The molecule has 2 heterocycles. The Balaban J connectivity index is 2.60. The number of epoxide rings is 1. The average molecular weight is 273 g/mol. The molecule has 19 heavy (non-hydrogen) atoms. The standard InChI is InChI=1S/C10H15N3O6/c14-3-1-11-8(16)12(2-4-15)10(18)13(9(11)17)5-7-6-19-7/h7,14-15H,1-6H2. The number of aromatic nitrogens is 3. The zero-order chi connectivity index (χ0) is 14.0. The van der Waals surface area contributed by atoms with E-state index >= 15 is 0 Å². The molecule has 0 saturated carbocycles. The molecule has 1 aromatic heterocycles. The highest BCUT2D eigenvalue weighted by molar-refractivity contribution is 4.82. The molecule has 1 saturated heterocycles. The molecule has 0 radical (unpaired) electrons. The van der Waals surface area contributed by atoms with Crippen LogP contribution in [0.4, 0.5) is 0 Å². The van der Waals surface area contributed by atoms with Crippen molar-refractivity contribution in [3.8, 4) is 0 Å². The summed E-state index contributed by atoms with van der Waals surface area (Å²) in [6.45, 7) is -0.664. The summed E-state index contributed by atoms with van der Waals surface area (Å²) in [5.74, 6) is 0. The van der Waals surface area contributed by atoms with Crippen LogP contribution in [0.1, 0.15) is 0 Å². The second-order valence-corrected chi connectivity index (χ2v) is 4.16. The summed E-state index contributed by atoms with van der Waals surface area (Å²) in [5.41, 5.74) is -2.37. The number of rotatable bonds is 6. The lowest BCUT2D eigenvalue weighted by atomic mass is 10.4. The normalized spacial score (nSPS) is 17.7. The second kappa shape index (κ2) is 5.51. The minimum Gasteiger partial charge on any atom is -0.395 e. The zero-order valence-electron chi connectivity index (χ0n) is 10.2. The first kappa shape index (κ1) is 13.7. The van der Waals surface area contributed by atoms with Gasteiger partial charge in [0.25, 0.3) is 0 Å². The Morgan fingerprint density at radius 3 is 1.74 bits per heavy atom. The summed E-state index contributed by atoms with van der Waals surface area (Å²) in [6, 6.07) is 0. The van der Waals surface area contributed by atoms with Crippen LogP contribution in [0, 0.1) is 0 Å². The van der Waals surface area contributed by atoms with Gasteiger partial charge in [-0.05, 0) is 0 Å². The van der Waals surface area contributed by atoms with Gasteiger partial charge in [-0.1, -0.05) is 0 Å². The van der Waals surface area contributed by atoms with Crippen molar-refractivity contribution in [3.63, 3.8) is 0 Å². The topological polar surface area (TPSA) is 119 Å². The maximum Gasteiger partial charge on any atom is 0.336 e. The number of hydrogen-bond acceptors (Lipinski definition) is 6. The van der Waals surface area contributed by atoms with Crippen molar-refractivity contribution in [2.24, 2.45) is 0 Å². The van der Waals surface area contributed by atoms with Gasteiger partial charge in [0.1, 0.15) is 0 Å². The molecule has 0 amide bonds. The van der Waals surface area contributed by atoms with Gasteiger partial charge >= 0.3 is 17.1 Å². The van der Waals surface area contributed by atoms with Gasteiger partial charge in [-0.2, -0.15) is 0 Å². The van der Waals surface area contributed by atoms with Crippen LogP contribution in [-0.2, 0) is 24.4 Å². The highest BCUT2D eigenvalue weighted by Gasteiger charge is 2.26. The van der Waals surface area contributed by atoms with Crippen molar-refractivity contribution in [3.05, 3.63) is 31.5 Å². The molecule has 1 fully saturated rings. The van der Waals surface area contributed by atoms with E-state index in [0.29, 0.717) is 6.61 Å². The summed E-state index contributed by atoms with van der Waals surface area (Å²) < 4.78 is 7.41. The Bertz CT molecular complexity index is 579. The molecule has 9 heteroatoms. The van der Waals surface area contributed by atoms with Crippen molar-refractivity contribution in [2.45, 2.75) is 25.7 Å². The lowest BCUT2D eigenvalue weighted by Crippen LogP contribution is -2.55. The van der Waals surface area contributed by atoms with Crippen LogP contribution in [0.2, 0.25) is 0 Å². The van der Waals surface area contributed by atoms with Gasteiger partial charge in [0.15, 0.2) is 0 Å². The maximum atomic E-state index is 12.0. The third-order valence-electron chi connectivity index (χ3n) is 2.82. The molecule has 1 aromatic rings. The molecule has 0 bridgehead atoms. The van der Waals surface area contributed by atoms with Gasteiger partial charge in [0, 0.05) is 0 Å². The number of aliphatic hydroxyl groups is 2. The Kier molecular flexibility index (Phi) is 3.98. The van der Waals surface area contributed by atoms with Crippen molar-refractivity contribution >= 4 is 0 Å². The summed E-state index contributed by atoms with van der Waals surface area (Å²) in [4.78, 5) is 35.9. The first-order chi connectivity index (χ1) is 9.10. The van der Waals surface area contributed by atoms with Gasteiger partial charge in [-0.25, -0.2) is 28.1 Å². The van der Waals surface area contributed by atoms with Crippen LogP contribution in [0.5, 0.6) is 0 Å². The number of ether oxygens (including phenoxy) is 1. The lowest BCUT2D eigenvalue weighted by molar-refractivity contribution is 0.248. The Morgan fingerprint density at radius 1 is 0.947 bits per heavy atom. The molecule has 2 N–H and O–H groups in total. The van der Waals surface area contributed by atoms with E-state index in [4.69, 9.17) is 14.9 Å². The van der Waals surface area contributed by atoms with E-state index in [1.807, 2.05) is 0 Å².